The summed E-state index contributed by atoms with van der Waals surface area (Å²) in [5.74, 6) is -42.4. The topological polar surface area (TPSA) is 117 Å². The Balaban J connectivity index is 3.91. The van der Waals surface area contributed by atoms with Crippen molar-refractivity contribution in [1.82, 2.24) is 0 Å². The molecular formula is C18H6F23NO7. The highest BCUT2D eigenvalue weighted by Gasteiger charge is 2.88. The molecule has 0 saturated heterocycles. The molecule has 0 saturated carbocycles. The van der Waals surface area contributed by atoms with Crippen LogP contribution in [0.1, 0.15) is 0 Å². The lowest BCUT2D eigenvalue weighted by molar-refractivity contribution is -0.577. The van der Waals surface area contributed by atoms with Crippen molar-refractivity contribution in [2.45, 2.75) is 66.5 Å². The van der Waals surface area contributed by atoms with Crippen molar-refractivity contribution >= 4 is 11.6 Å². The van der Waals surface area contributed by atoms with Crippen LogP contribution >= 0.6 is 0 Å². The molecule has 0 fully saturated rings. The highest BCUT2D eigenvalue weighted by Crippen LogP contribution is 2.59. The number of aromatic hydroxyl groups is 3. The van der Waals surface area contributed by atoms with Gasteiger partial charge in [-0.05, 0) is 0 Å². The second-order valence-corrected chi connectivity index (χ2v) is 8.52. The first-order valence-electron chi connectivity index (χ1n) is 10.6. The minimum atomic E-state index is -8.85. The SMILES string of the molecule is O=C(Nc1cc(O)cc(O)c1O)C(F)(OC(F)(F)C(F)(OC(F)(F)C(F)(OC(F)(F)C(F)(F)C(F)(F)F)C(F)(F)F)C(F)(F)F)C(F)(F)F. The van der Waals surface area contributed by atoms with Crippen molar-refractivity contribution in [2.75, 3.05) is 5.32 Å². The molecule has 3 atom stereocenters. The van der Waals surface area contributed by atoms with Gasteiger partial charge in [0.05, 0.1) is 5.69 Å². The van der Waals surface area contributed by atoms with E-state index in [1.165, 1.54) is 0 Å². The molecule has 0 aliphatic heterocycles. The Kier molecular flexibility index (Phi) is 10.6. The third kappa shape index (κ3) is 7.45. The molecule has 8 nitrogen and oxygen atoms in total. The maximum absolute atomic E-state index is 14.7. The van der Waals surface area contributed by atoms with Gasteiger partial charge in [-0.15, -0.1) is 0 Å². The molecule has 0 heterocycles. The number of phenolic OH excluding ortho intramolecular Hbond substituents is 3. The number of anilines is 1. The van der Waals surface area contributed by atoms with Crippen molar-refractivity contribution in [3.05, 3.63) is 12.1 Å². The Bertz CT molecular complexity index is 1390. The molecule has 3 unspecified atom stereocenters. The van der Waals surface area contributed by atoms with Gasteiger partial charge < -0.3 is 20.6 Å². The second kappa shape index (κ2) is 12.0. The van der Waals surface area contributed by atoms with Crippen molar-refractivity contribution in [1.29, 1.82) is 0 Å². The number of rotatable bonds is 11. The predicted molar refractivity (Wildman–Crippen MR) is 98.8 cm³/mol. The summed E-state index contributed by atoms with van der Waals surface area (Å²) < 4.78 is 311. The van der Waals surface area contributed by atoms with Crippen LogP contribution in [0.15, 0.2) is 12.1 Å². The molecule has 0 aliphatic carbocycles. The predicted octanol–water partition coefficient (Wildman–Crippen LogP) is 7.45. The molecule has 4 N–H and O–H groups in total. The number of amides is 1. The maximum Gasteiger partial charge on any atom is 0.462 e. The van der Waals surface area contributed by atoms with Gasteiger partial charge in [0.15, 0.2) is 11.5 Å². The molecule has 0 spiro atoms. The molecule has 1 amide bonds. The molecule has 286 valence electrons. The molecule has 49 heavy (non-hydrogen) atoms. The Labute approximate surface area is 249 Å². The van der Waals surface area contributed by atoms with Gasteiger partial charge in [-0.3, -0.25) is 19.0 Å². The zero-order chi connectivity index (χ0) is 39.6. The first-order valence-corrected chi connectivity index (χ1v) is 10.6. The number of hydrogen-bond acceptors (Lipinski definition) is 7. The molecule has 0 aliphatic rings. The van der Waals surface area contributed by atoms with Gasteiger partial charge in [0.2, 0.25) is 0 Å². The molecule has 1 rings (SSSR count). The normalized spacial score (nSPS) is 18.3. The van der Waals surface area contributed by atoms with Gasteiger partial charge in [0.25, 0.3) is 5.91 Å². The van der Waals surface area contributed by atoms with Gasteiger partial charge in [0, 0.05) is 12.1 Å². The number of alkyl halides is 23. The van der Waals surface area contributed by atoms with Crippen molar-refractivity contribution < 1.29 is 135 Å². The van der Waals surface area contributed by atoms with Crippen molar-refractivity contribution in [3.8, 4) is 17.2 Å². The van der Waals surface area contributed by atoms with E-state index in [4.69, 9.17) is 10.2 Å². The summed E-state index contributed by atoms with van der Waals surface area (Å²) in [7, 11) is 0. The van der Waals surface area contributed by atoms with E-state index in [9.17, 15) is 111 Å². The van der Waals surface area contributed by atoms with E-state index in [1.807, 2.05) is 0 Å². The Morgan fingerprint density at radius 3 is 1.22 bits per heavy atom. The largest absolute Gasteiger partial charge is 0.508 e. The van der Waals surface area contributed by atoms with Crippen LogP contribution in [-0.4, -0.2) is 87.7 Å². The summed E-state index contributed by atoms with van der Waals surface area (Å²) in [5.41, 5.74) is -1.94. The van der Waals surface area contributed by atoms with Crippen LogP contribution in [0.5, 0.6) is 17.2 Å². The molecule has 1 aromatic rings. The molecule has 0 radical (unpaired) electrons. The Morgan fingerprint density at radius 2 is 0.878 bits per heavy atom. The van der Waals surface area contributed by atoms with Crippen molar-refractivity contribution in [3.63, 3.8) is 0 Å². The van der Waals surface area contributed by atoms with Crippen LogP contribution < -0.4 is 5.32 Å². The smallest absolute Gasteiger partial charge is 0.462 e. The lowest BCUT2D eigenvalue weighted by Gasteiger charge is -2.42. The van der Waals surface area contributed by atoms with Gasteiger partial charge in [-0.1, -0.05) is 0 Å². The highest BCUT2D eigenvalue weighted by molar-refractivity contribution is 5.98. The monoisotopic (exact) mass is 785 g/mol. The van der Waals surface area contributed by atoms with Crippen LogP contribution in [-0.2, 0) is 19.0 Å². The molecule has 1 aromatic carbocycles. The minimum absolute atomic E-state index is 0.0656. The van der Waals surface area contributed by atoms with E-state index in [2.05, 4.69) is 0 Å². The molecule has 31 heteroatoms. The summed E-state index contributed by atoms with van der Waals surface area (Å²) in [6, 6.07) is -0.160. The van der Waals surface area contributed by atoms with E-state index in [1.54, 1.807) is 4.74 Å². The quantitative estimate of drug-likeness (QED) is 0.105. The van der Waals surface area contributed by atoms with Crippen LogP contribution in [0.4, 0.5) is 107 Å². The van der Waals surface area contributed by atoms with Gasteiger partial charge in [-0.25, -0.2) is 0 Å². The summed E-state index contributed by atoms with van der Waals surface area (Å²) in [6.07, 6.45) is -58.4. The third-order valence-corrected chi connectivity index (χ3v) is 4.99. The zero-order valence-electron chi connectivity index (χ0n) is 21.3. The fraction of sp³-hybridized carbons (Fsp3) is 0.611. The lowest BCUT2D eigenvalue weighted by Crippen LogP contribution is -2.71. The number of phenols is 3. The molecular weight excluding hydrogens is 779 g/mol. The van der Waals surface area contributed by atoms with Crippen molar-refractivity contribution in [2.24, 2.45) is 0 Å². The number of nitrogens with one attached hydrogen (secondary N) is 1. The minimum Gasteiger partial charge on any atom is -0.508 e. The number of carbonyl (C=O) groups is 1. The van der Waals surface area contributed by atoms with E-state index in [-0.39, 0.29) is 17.4 Å². The van der Waals surface area contributed by atoms with Gasteiger partial charge in [0.1, 0.15) is 5.75 Å². The summed E-state index contributed by atoms with van der Waals surface area (Å²) in [4.78, 5) is 11.8. The third-order valence-electron chi connectivity index (χ3n) is 4.99. The van der Waals surface area contributed by atoms with Crippen LogP contribution in [0.25, 0.3) is 0 Å². The van der Waals surface area contributed by atoms with E-state index < -0.39 is 95.4 Å². The zero-order valence-corrected chi connectivity index (χ0v) is 21.3. The van der Waals surface area contributed by atoms with E-state index >= 15 is 0 Å². The number of hydrogen-bond donors (Lipinski definition) is 4. The van der Waals surface area contributed by atoms with Crippen LogP contribution in [0.2, 0.25) is 0 Å². The second-order valence-electron chi connectivity index (χ2n) is 8.52. The maximum atomic E-state index is 14.7. The number of carbonyl (C=O) groups excluding carboxylic acids is 1. The average Bonchev–Trinajstić information content (AvgIpc) is 2.82. The van der Waals surface area contributed by atoms with E-state index in [0.29, 0.717) is 0 Å². The summed E-state index contributed by atoms with van der Waals surface area (Å²) in [5, 5.41) is 28.0. The Morgan fingerprint density at radius 1 is 0.510 bits per heavy atom. The fourth-order valence-electron chi connectivity index (χ4n) is 2.59. The molecule has 0 bridgehead atoms. The van der Waals surface area contributed by atoms with E-state index in [0.717, 1.165) is 9.47 Å². The number of ether oxygens (including phenoxy) is 3. The summed E-state index contributed by atoms with van der Waals surface area (Å²) in [6.45, 7) is 0. The number of halogens is 23. The first kappa shape index (κ1) is 43.4. The van der Waals surface area contributed by atoms with Gasteiger partial charge >= 0.3 is 66.5 Å². The number of benzene rings is 1. The van der Waals surface area contributed by atoms with Gasteiger partial charge in [-0.2, -0.15) is 101 Å². The van der Waals surface area contributed by atoms with Crippen LogP contribution in [0.3, 0.4) is 0 Å². The lowest BCUT2D eigenvalue weighted by atomic mass is 10.2. The highest BCUT2D eigenvalue weighted by atomic mass is 19.4. The van der Waals surface area contributed by atoms with Crippen LogP contribution in [0, 0.1) is 0 Å². The standard InChI is InChI=1S/C18H6F23NO7/c19-8(12(24,25)26,7(46)42-4-1-3(43)2-5(44)6(4)45)47-17(38,39)10(22,14(30,31)32)49-18(40,41)11(23,15(33,34)35)48-16(36,37)9(20,21)13(27,28)29/h1-2,43-45H,(H,42,46). The fourth-order valence-corrected chi connectivity index (χ4v) is 2.59. The summed E-state index contributed by atoms with van der Waals surface area (Å²) >= 11 is 0. The Hall–Kier alpha value is -3.64. The molecule has 0 aromatic heterocycles. The average molecular weight is 785 g/mol. The first-order chi connectivity index (χ1) is 21.1.